The second kappa shape index (κ2) is 8.95. The quantitative estimate of drug-likeness (QED) is 0.632. The molecule has 0 aliphatic carbocycles. The van der Waals surface area contributed by atoms with E-state index in [0.717, 1.165) is 12.8 Å². The zero-order valence-electron chi connectivity index (χ0n) is 13.5. The topological polar surface area (TPSA) is 78.4 Å². The predicted octanol–water partition coefficient (Wildman–Crippen LogP) is 1.45. The molecule has 0 aliphatic rings. The van der Waals surface area contributed by atoms with Crippen LogP contribution < -0.4 is 10.6 Å². The number of hydrogen-bond acceptors (Lipinski definition) is 3. The first-order chi connectivity index (χ1) is 9.22. The van der Waals surface area contributed by atoms with Crippen molar-refractivity contribution in [2.24, 2.45) is 11.3 Å². The highest BCUT2D eigenvalue weighted by atomic mass is 16.3. The first kappa shape index (κ1) is 18.9. The van der Waals surface area contributed by atoms with Gasteiger partial charge in [-0.15, -0.1) is 0 Å². The van der Waals surface area contributed by atoms with Gasteiger partial charge in [-0.25, -0.2) is 0 Å². The van der Waals surface area contributed by atoms with Crippen LogP contribution in [0.5, 0.6) is 0 Å². The van der Waals surface area contributed by atoms with Crippen molar-refractivity contribution >= 4 is 11.8 Å². The zero-order chi connectivity index (χ0) is 15.8. The molecule has 0 saturated carbocycles. The Morgan fingerprint density at radius 1 is 1.20 bits per heavy atom. The summed E-state index contributed by atoms with van der Waals surface area (Å²) in [5.41, 5.74) is -0.504. The molecule has 0 rings (SSSR count). The molecule has 0 aromatic rings. The van der Waals surface area contributed by atoms with Crippen molar-refractivity contribution in [1.82, 2.24) is 10.6 Å². The molecule has 0 heterocycles. The standard InChI is InChI=1S/C15H30N2O3/c1-6-7-12(8-9-18)10-16-13(19)11(2)17-14(20)15(3,4)5/h11-12,18H,6-10H2,1-5H3,(H,16,19)(H,17,20). The van der Waals surface area contributed by atoms with Crippen molar-refractivity contribution in [1.29, 1.82) is 0 Å². The molecule has 5 heteroatoms. The summed E-state index contributed by atoms with van der Waals surface area (Å²) in [7, 11) is 0. The Hall–Kier alpha value is -1.10. The average Bonchev–Trinajstić information content (AvgIpc) is 2.34. The lowest BCUT2D eigenvalue weighted by atomic mass is 9.95. The minimum Gasteiger partial charge on any atom is -0.396 e. The van der Waals surface area contributed by atoms with Crippen molar-refractivity contribution in [3.8, 4) is 0 Å². The van der Waals surface area contributed by atoms with Gasteiger partial charge in [0, 0.05) is 18.6 Å². The van der Waals surface area contributed by atoms with Gasteiger partial charge in [0.2, 0.25) is 11.8 Å². The molecule has 3 N–H and O–H groups in total. The number of carbonyl (C=O) groups is 2. The molecule has 0 radical (unpaired) electrons. The molecular weight excluding hydrogens is 256 g/mol. The van der Waals surface area contributed by atoms with E-state index in [0.29, 0.717) is 18.9 Å². The van der Waals surface area contributed by atoms with E-state index >= 15 is 0 Å². The Balaban J connectivity index is 4.22. The minimum atomic E-state index is -0.543. The molecule has 2 unspecified atom stereocenters. The number of nitrogens with one attached hydrogen (secondary N) is 2. The van der Waals surface area contributed by atoms with Crippen LogP contribution in [0.2, 0.25) is 0 Å². The number of rotatable bonds is 8. The second-order valence-corrected chi connectivity index (χ2v) is 6.36. The molecule has 0 bridgehead atoms. The van der Waals surface area contributed by atoms with Crippen LogP contribution in [0.15, 0.2) is 0 Å². The largest absolute Gasteiger partial charge is 0.396 e. The normalized spacial score (nSPS) is 14.5. The van der Waals surface area contributed by atoms with E-state index in [-0.39, 0.29) is 18.4 Å². The van der Waals surface area contributed by atoms with Gasteiger partial charge in [-0.05, 0) is 25.7 Å². The van der Waals surface area contributed by atoms with Crippen molar-refractivity contribution < 1.29 is 14.7 Å². The van der Waals surface area contributed by atoms with E-state index in [4.69, 9.17) is 5.11 Å². The van der Waals surface area contributed by atoms with Crippen LogP contribution in [0, 0.1) is 11.3 Å². The highest BCUT2D eigenvalue weighted by molar-refractivity contribution is 5.89. The molecule has 118 valence electrons. The van der Waals surface area contributed by atoms with Crippen molar-refractivity contribution in [2.45, 2.75) is 59.9 Å². The summed E-state index contributed by atoms with van der Waals surface area (Å²) in [5, 5.41) is 14.5. The Morgan fingerprint density at radius 2 is 1.80 bits per heavy atom. The van der Waals surface area contributed by atoms with Gasteiger partial charge in [0.25, 0.3) is 0 Å². The number of amides is 2. The zero-order valence-corrected chi connectivity index (χ0v) is 13.5. The number of aliphatic hydroxyl groups excluding tert-OH is 1. The summed E-state index contributed by atoms with van der Waals surface area (Å²) in [4.78, 5) is 23.7. The van der Waals surface area contributed by atoms with E-state index in [9.17, 15) is 9.59 Å². The van der Waals surface area contributed by atoms with Gasteiger partial charge in [-0.3, -0.25) is 9.59 Å². The summed E-state index contributed by atoms with van der Waals surface area (Å²) in [6, 6.07) is -0.543. The summed E-state index contributed by atoms with van der Waals surface area (Å²) in [5.74, 6) is -0.0262. The minimum absolute atomic E-state index is 0.136. The lowest BCUT2D eigenvalue weighted by Gasteiger charge is -2.22. The Bertz CT molecular complexity index is 305. The Morgan fingerprint density at radius 3 is 2.25 bits per heavy atom. The summed E-state index contributed by atoms with van der Waals surface area (Å²) in [6.07, 6.45) is 2.69. The van der Waals surface area contributed by atoms with E-state index in [1.165, 1.54) is 0 Å². The van der Waals surface area contributed by atoms with Gasteiger partial charge in [-0.2, -0.15) is 0 Å². The highest BCUT2D eigenvalue weighted by Gasteiger charge is 2.25. The van der Waals surface area contributed by atoms with Crippen LogP contribution in [0.1, 0.15) is 53.9 Å². The maximum Gasteiger partial charge on any atom is 0.242 e. The third-order valence-corrected chi connectivity index (χ3v) is 3.22. The molecule has 2 amide bonds. The summed E-state index contributed by atoms with van der Waals surface area (Å²) >= 11 is 0. The van der Waals surface area contributed by atoms with Gasteiger partial charge in [-0.1, -0.05) is 34.1 Å². The molecule has 0 aromatic carbocycles. The van der Waals surface area contributed by atoms with Crippen molar-refractivity contribution in [3.63, 3.8) is 0 Å². The molecule has 2 atom stereocenters. The van der Waals surface area contributed by atoms with Crippen molar-refractivity contribution in [2.75, 3.05) is 13.2 Å². The van der Waals surface area contributed by atoms with E-state index in [1.54, 1.807) is 6.92 Å². The fourth-order valence-corrected chi connectivity index (χ4v) is 1.82. The SMILES string of the molecule is CCCC(CCO)CNC(=O)C(C)NC(=O)C(C)(C)C. The van der Waals surface area contributed by atoms with Crippen LogP contribution in [0.25, 0.3) is 0 Å². The number of aliphatic hydroxyl groups is 1. The molecule has 0 saturated heterocycles. The lowest BCUT2D eigenvalue weighted by Crippen LogP contribution is -2.49. The van der Waals surface area contributed by atoms with Crippen LogP contribution in [-0.2, 0) is 9.59 Å². The van der Waals surface area contributed by atoms with Gasteiger partial charge in [0.15, 0.2) is 0 Å². The van der Waals surface area contributed by atoms with Crippen LogP contribution >= 0.6 is 0 Å². The first-order valence-corrected chi connectivity index (χ1v) is 7.41. The third-order valence-electron chi connectivity index (χ3n) is 3.22. The van der Waals surface area contributed by atoms with Crippen molar-refractivity contribution in [3.05, 3.63) is 0 Å². The summed E-state index contributed by atoms with van der Waals surface area (Å²) < 4.78 is 0. The molecule has 0 aliphatic heterocycles. The smallest absolute Gasteiger partial charge is 0.242 e. The van der Waals surface area contributed by atoms with Gasteiger partial charge < -0.3 is 15.7 Å². The molecule has 0 aromatic heterocycles. The monoisotopic (exact) mass is 286 g/mol. The maximum atomic E-state index is 11.9. The predicted molar refractivity (Wildman–Crippen MR) is 80.2 cm³/mol. The first-order valence-electron chi connectivity index (χ1n) is 7.41. The molecule has 0 spiro atoms. The Kier molecular flexibility index (Phi) is 8.46. The van der Waals surface area contributed by atoms with Gasteiger partial charge >= 0.3 is 0 Å². The molecule has 0 fully saturated rings. The number of hydrogen-bond donors (Lipinski definition) is 3. The fraction of sp³-hybridized carbons (Fsp3) is 0.867. The van der Waals surface area contributed by atoms with E-state index < -0.39 is 11.5 Å². The van der Waals surface area contributed by atoms with Gasteiger partial charge in [0.05, 0.1) is 0 Å². The summed E-state index contributed by atoms with van der Waals surface area (Å²) in [6.45, 7) is 9.88. The second-order valence-electron chi connectivity index (χ2n) is 6.36. The van der Waals surface area contributed by atoms with Gasteiger partial charge in [0.1, 0.15) is 6.04 Å². The average molecular weight is 286 g/mol. The Labute approximate surface area is 122 Å². The molecule has 20 heavy (non-hydrogen) atoms. The van der Waals surface area contributed by atoms with E-state index in [2.05, 4.69) is 17.6 Å². The van der Waals surface area contributed by atoms with Crippen LogP contribution in [0.4, 0.5) is 0 Å². The fourth-order valence-electron chi connectivity index (χ4n) is 1.82. The molecular formula is C15H30N2O3. The van der Waals surface area contributed by atoms with Crippen LogP contribution in [-0.4, -0.2) is 36.1 Å². The third kappa shape index (κ3) is 7.48. The van der Waals surface area contributed by atoms with E-state index in [1.807, 2.05) is 20.8 Å². The van der Waals surface area contributed by atoms with Crippen LogP contribution in [0.3, 0.4) is 0 Å². The lowest BCUT2D eigenvalue weighted by molar-refractivity contribution is -0.133. The number of carbonyl (C=O) groups excluding carboxylic acids is 2. The molecule has 5 nitrogen and oxygen atoms in total. The highest BCUT2D eigenvalue weighted by Crippen LogP contribution is 2.13. The maximum absolute atomic E-state index is 11.9.